The number of benzene rings is 2. The van der Waals surface area contributed by atoms with E-state index in [-0.39, 0.29) is 18.0 Å². The van der Waals surface area contributed by atoms with E-state index in [1.54, 1.807) is 10.9 Å². The van der Waals surface area contributed by atoms with Gasteiger partial charge in [0.05, 0.1) is 12.6 Å². The maximum atomic E-state index is 13.0. The van der Waals surface area contributed by atoms with E-state index in [0.717, 1.165) is 22.0 Å². The minimum atomic E-state index is -0.359. The van der Waals surface area contributed by atoms with Crippen molar-refractivity contribution < 1.29 is 9.18 Å². The number of rotatable bonds is 4. The highest BCUT2D eigenvalue weighted by atomic mass is 19.1. The van der Waals surface area contributed by atoms with Crippen LogP contribution in [0.4, 0.5) is 4.39 Å². The zero-order valence-electron chi connectivity index (χ0n) is 14.1. The number of nitrogens with zero attached hydrogens (tertiary/aromatic N) is 4. The van der Waals surface area contributed by atoms with Crippen LogP contribution in [0.2, 0.25) is 0 Å². The van der Waals surface area contributed by atoms with Gasteiger partial charge >= 0.3 is 0 Å². The average Bonchev–Trinajstić information content (AvgIpc) is 3.08. The van der Waals surface area contributed by atoms with Crippen LogP contribution in [0.15, 0.2) is 60.9 Å². The summed E-state index contributed by atoms with van der Waals surface area (Å²) in [6.45, 7) is 0. The molecule has 0 spiro atoms. The number of hydrogen-bond donors (Lipinski definition) is 0. The number of aromatic nitrogens is 4. The van der Waals surface area contributed by atoms with E-state index in [2.05, 4.69) is 15.3 Å². The third-order valence-corrected chi connectivity index (χ3v) is 4.18. The van der Waals surface area contributed by atoms with Crippen LogP contribution in [0.1, 0.15) is 16.1 Å². The number of pyridine rings is 1. The lowest BCUT2D eigenvalue weighted by Crippen LogP contribution is -2.05. The van der Waals surface area contributed by atoms with Gasteiger partial charge in [-0.15, -0.1) is 5.10 Å². The molecule has 0 bridgehead atoms. The first-order valence-electron chi connectivity index (χ1n) is 8.13. The van der Waals surface area contributed by atoms with Crippen LogP contribution in [0.25, 0.3) is 22.0 Å². The summed E-state index contributed by atoms with van der Waals surface area (Å²) in [4.78, 5) is 16.7. The number of Topliss-reactive ketones (excluding diaryl/α,β-unsaturated/α-hetero) is 1. The van der Waals surface area contributed by atoms with Crippen molar-refractivity contribution >= 4 is 16.6 Å². The minimum absolute atomic E-state index is 0.0954. The number of fused-ring (bicyclic) bond motifs is 1. The van der Waals surface area contributed by atoms with Crippen molar-refractivity contribution in [2.45, 2.75) is 6.42 Å². The van der Waals surface area contributed by atoms with Crippen LogP contribution in [-0.2, 0) is 13.5 Å². The lowest BCUT2D eigenvalue weighted by atomic mass is 10.0. The molecule has 0 radical (unpaired) electrons. The number of ketones is 1. The SMILES string of the molecule is Cn1cc(-c2ccc3cnc(CC(=O)c4ccc(F)cc4)cc3c2)nn1. The average molecular weight is 346 g/mol. The molecular formula is C20H15FN4O. The molecule has 0 unspecified atom stereocenters. The maximum Gasteiger partial charge on any atom is 0.168 e. The van der Waals surface area contributed by atoms with Crippen LogP contribution < -0.4 is 0 Å². The summed E-state index contributed by atoms with van der Waals surface area (Å²) >= 11 is 0. The Morgan fingerprint density at radius 3 is 2.62 bits per heavy atom. The molecule has 4 aromatic rings. The van der Waals surface area contributed by atoms with E-state index in [9.17, 15) is 9.18 Å². The normalized spacial score (nSPS) is 11.0. The van der Waals surface area contributed by atoms with E-state index < -0.39 is 0 Å². The molecule has 0 aliphatic rings. The summed E-state index contributed by atoms with van der Waals surface area (Å²) in [5.41, 5.74) is 2.88. The molecule has 0 fully saturated rings. The van der Waals surface area contributed by atoms with Gasteiger partial charge in [0.25, 0.3) is 0 Å². The smallest absolute Gasteiger partial charge is 0.168 e. The summed E-state index contributed by atoms with van der Waals surface area (Å²) < 4.78 is 14.6. The number of hydrogen-bond acceptors (Lipinski definition) is 4. The molecule has 0 N–H and O–H groups in total. The molecule has 0 saturated heterocycles. The second kappa shape index (κ2) is 6.48. The van der Waals surface area contributed by atoms with Crippen molar-refractivity contribution in [1.29, 1.82) is 0 Å². The summed E-state index contributed by atoms with van der Waals surface area (Å²) in [5, 5.41) is 10.0. The molecular weight excluding hydrogens is 331 g/mol. The van der Waals surface area contributed by atoms with Gasteiger partial charge in [-0.1, -0.05) is 17.3 Å². The number of halogens is 1. The number of carbonyl (C=O) groups excluding carboxylic acids is 1. The van der Waals surface area contributed by atoms with E-state index in [1.165, 1.54) is 24.3 Å². The predicted molar refractivity (Wildman–Crippen MR) is 96.2 cm³/mol. The molecule has 6 heteroatoms. The highest BCUT2D eigenvalue weighted by Gasteiger charge is 2.10. The number of aryl methyl sites for hydroxylation is 1. The first-order chi connectivity index (χ1) is 12.6. The first kappa shape index (κ1) is 16.1. The summed E-state index contributed by atoms with van der Waals surface area (Å²) in [5.74, 6) is -0.455. The van der Waals surface area contributed by atoms with Crippen LogP contribution in [0.5, 0.6) is 0 Å². The second-order valence-corrected chi connectivity index (χ2v) is 6.12. The Kier molecular flexibility index (Phi) is 4.01. The van der Waals surface area contributed by atoms with Gasteiger partial charge in [-0.25, -0.2) is 4.39 Å². The molecule has 0 aliphatic carbocycles. The Morgan fingerprint density at radius 2 is 1.88 bits per heavy atom. The van der Waals surface area contributed by atoms with Gasteiger partial charge in [0.1, 0.15) is 11.5 Å². The zero-order valence-corrected chi connectivity index (χ0v) is 14.1. The van der Waals surface area contributed by atoms with Gasteiger partial charge in [0.15, 0.2) is 5.78 Å². The summed E-state index contributed by atoms with van der Waals surface area (Å²) in [6, 6.07) is 13.4. The largest absolute Gasteiger partial charge is 0.294 e. The molecule has 0 saturated carbocycles. The summed E-state index contributed by atoms with van der Waals surface area (Å²) in [7, 11) is 1.82. The molecule has 2 heterocycles. The van der Waals surface area contributed by atoms with Crippen LogP contribution in [0, 0.1) is 5.82 Å². The highest BCUT2D eigenvalue weighted by molar-refractivity contribution is 5.97. The monoisotopic (exact) mass is 346 g/mol. The lowest BCUT2D eigenvalue weighted by Gasteiger charge is -2.05. The van der Waals surface area contributed by atoms with Crippen LogP contribution in [0.3, 0.4) is 0 Å². The Morgan fingerprint density at radius 1 is 1.08 bits per heavy atom. The fraction of sp³-hybridized carbons (Fsp3) is 0.100. The Labute approximate surface area is 149 Å². The van der Waals surface area contributed by atoms with E-state index in [0.29, 0.717) is 11.3 Å². The Balaban J connectivity index is 1.63. The molecule has 2 aromatic carbocycles. The quantitative estimate of drug-likeness (QED) is 0.530. The van der Waals surface area contributed by atoms with Crippen LogP contribution >= 0.6 is 0 Å². The van der Waals surface area contributed by atoms with Crippen molar-refractivity contribution in [2.75, 3.05) is 0 Å². The van der Waals surface area contributed by atoms with Crippen molar-refractivity contribution in [3.05, 3.63) is 78.0 Å². The van der Waals surface area contributed by atoms with E-state index >= 15 is 0 Å². The molecule has 5 nitrogen and oxygen atoms in total. The Bertz CT molecular complexity index is 1100. The molecule has 0 amide bonds. The van der Waals surface area contributed by atoms with Crippen molar-refractivity contribution in [2.24, 2.45) is 7.05 Å². The molecule has 2 aromatic heterocycles. The summed E-state index contributed by atoms with van der Waals surface area (Å²) in [6.07, 6.45) is 3.77. The first-order valence-corrected chi connectivity index (χ1v) is 8.13. The van der Waals surface area contributed by atoms with Crippen molar-refractivity contribution in [3.8, 4) is 11.3 Å². The van der Waals surface area contributed by atoms with Crippen molar-refractivity contribution in [1.82, 2.24) is 20.0 Å². The van der Waals surface area contributed by atoms with Crippen molar-refractivity contribution in [3.63, 3.8) is 0 Å². The fourth-order valence-corrected chi connectivity index (χ4v) is 2.82. The standard InChI is InChI=1S/C20H15FN4O/c1-25-12-19(23-24-25)14-2-3-15-11-22-18(9-16(15)8-14)10-20(26)13-4-6-17(21)7-5-13/h2-9,11-12H,10H2,1H3. The topological polar surface area (TPSA) is 60.7 Å². The molecule has 128 valence electrons. The zero-order chi connectivity index (χ0) is 18.1. The fourth-order valence-electron chi connectivity index (χ4n) is 2.82. The van der Waals surface area contributed by atoms with Crippen LogP contribution in [-0.4, -0.2) is 25.8 Å². The predicted octanol–water partition coefficient (Wildman–Crippen LogP) is 3.59. The van der Waals surface area contributed by atoms with Gasteiger partial charge < -0.3 is 0 Å². The lowest BCUT2D eigenvalue weighted by molar-refractivity contribution is 0.0992. The molecule has 0 atom stereocenters. The highest BCUT2D eigenvalue weighted by Crippen LogP contribution is 2.23. The van der Waals surface area contributed by atoms with Gasteiger partial charge in [-0.3, -0.25) is 14.5 Å². The maximum absolute atomic E-state index is 13.0. The molecule has 0 aliphatic heterocycles. The van der Waals surface area contributed by atoms with Gasteiger partial charge in [0.2, 0.25) is 0 Å². The molecule has 4 rings (SSSR count). The van der Waals surface area contributed by atoms with E-state index in [4.69, 9.17) is 0 Å². The van der Waals surface area contributed by atoms with E-state index in [1.807, 2.05) is 37.5 Å². The van der Waals surface area contributed by atoms with Gasteiger partial charge in [-0.2, -0.15) is 0 Å². The molecule has 26 heavy (non-hydrogen) atoms. The van der Waals surface area contributed by atoms with Gasteiger partial charge in [-0.05, 0) is 41.8 Å². The minimum Gasteiger partial charge on any atom is -0.294 e. The number of carbonyl (C=O) groups is 1. The third-order valence-electron chi connectivity index (χ3n) is 4.18. The second-order valence-electron chi connectivity index (χ2n) is 6.12. The Hall–Kier alpha value is -3.41. The van der Waals surface area contributed by atoms with Gasteiger partial charge in [0, 0.05) is 35.5 Å². The third kappa shape index (κ3) is 3.21.